The van der Waals surface area contributed by atoms with Crippen LogP contribution in [0.15, 0.2) is 0 Å². The summed E-state index contributed by atoms with van der Waals surface area (Å²) in [7, 11) is 1.83. The van der Waals surface area contributed by atoms with Crippen molar-refractivity contribution in [2.75, 3.05) is 20.2 Å². The first-order valence-electron chi connectivity index (χ1n) is 7.28. The third-order valence-electron chi connectivity index (χ3n) is 4.34. The highest BCUT2D eigenvalue weighted by atomic mass is 16.5. The van der Waals surface area contributed by atoms with Gasteiger partial charge in [0.2, 0.25) is 0 Å². The van der Waals surface area contributed by atoms with Crippen LogP contribution in [0.25, 0.3) is 0 Å². The van der Waals surface area contributed by atoms with E-state index in [9.17, 15) is 0 Å². The Morgan fingerprint density at radius 2 is 2.00 bits per heavy atom. The number of ether oxygens (including phenoxy) is 1. The highest BCUT2D eigenvalue weighted by Gasteiger charge is 2.40. The van der Waals surface area contributed by atoms with Crippen LogP contribution in [0.3, 0.4) is 0 Å². The molecule has 3 unspecified atom stereocenters. The van der Waals surface area contributed by atoms with Crippen molar-refractivity contribution in [3.8, 4) is 0 Å². The number of rotatable bonds is 4. The molecule has 0 aromatic rings. The number of piperidine rings is 1. The molecule has 1 aliphatic heterocycles. The maximum Gasteiger partial charge on any atom is 0.0777 e. The summed E-state index contributed by atoms with van der Waals surface area (Å²) in [5.41, 5.74) is 6.59. The second-order valence-electron chi connectivity index (χ2n) is 7.11. The molecule has 3 atom stereocenters. The molecule has 0 radical (unpaired) electrons. The van der Waals surface area contributed by atoms with Crippen molar-refractivity contribution in [1.82, 2.24) is 4.90 Å². The van der Waals surface area contributed by atoms with Crippen LogP contribution in [-0.4, -0.2) is 42.8 Å². The minimum absolute atomic E-state index is 0.00475. The molecule has 0 aromatic heterocycles. The predicted molar refractivity (Wildman–Crippen MR) is 77.7 cm³/mol. The van der Waals surface area contributed by atoms with E-state index in [1.165, 1.54) is 6.42 Å². The molecule has 2 N–H and O–H groups in total. The third-order valence-corrected chi connectivity index (χ3v) is 4.34. The Morgan fingerprint density at radius 1 is 1.39 bits per heavy atom. The van der Waals surface area contributed by atoms with E-state index in [1.807, 2.05) is 7.11 Å². The molecular weight excluding hydrogens is 224 g/mol. The number of methoxy groups -OCH3 is 1. The van der Waals surface area contributed by atoms with Gasteiger partial charge in [0.25, 0.3) is 0 Å². The zero-order valence-corrected chi connectivity index (χ0v) is 13.1. The number of likely N-dealkylation sites (tertiary alicyclic amines) is 1. The lowest BCUT2D eigenvalue weighted by Gasteiger charge is -2.49. The largest absolute Gasteiger partial charge is 0.377 e. The van der Waals surface area contributed by atoms with Gasteiger partial charge in [-0.1, -0.05) is 27.7 Å². The number of hydrogen-bond acceptors (Lipinski definition) is 3. The van der Waals surface area contributed by atoms with E-state index in [0.717, 1.165) is 25.9 Å². The van der Waals surface area contributed by atoms with Gasteiger partial charge in [-0.05, 0) is 38.1 Å². The van der Waals surface area contributed by atoms with Crippen LogP contribution in [0, 0.1) is 5.41 Å². The molecule has 1 aliphatic rings. The topological polar surface area (TPSA) is 38.5 Å². The summed E-state index contributed by atoms with van der Waals surface area (Å²) in [6.07, 6.45) is 3.38. The van der Waals surface area contributed by atoms with E-state index >= 15 is 0 Å². The van der Waals surface area contributed by atoms with Gasteiger partial charge in [-0.2, -0.15) is 0 Å². The monoisotopic (exact) mass is 256 g/mol. The van der Waals surface area contributed by atoms with Gasteiger partial charge in [-0.25, -0.2) is 0 Å². The molecule has 1 fully saturated rings. The normalized spacial score (nSPS) is 30.2. The maximum absolute atomic E-state index is 6.38. The molecule has 1 heterocycles. The second-order valence-corrected chi connectivity index (χ2v) is 7.11. The third kappa shape index (κ3) is 3.69. The minimum Gasteiger partial charge on any atom is -0.377 e. The Morgan fingerprint density at radius 3 is 2.44 bits per heavy atom. The van der Waals surface area contributed by atoms with Crippen molar-refractivity contribution in [2.24, 2.45) is 11.1 Å². The van der Waals surface area contributed by atoms with E-state index in [-0.39, 0.29) is 17.1 Å². The van der Waals surface area contributed by atoms with E-state index in [2.05, 4.69) is 39.5 Å². The van der Waals surface area contributed by atoms with E-state index in [4.69, 9.17) is 10.5 Å². The molecule has 3 nitrogen and oxygen atoms in total. The van der Waals surface area contributed by atoms with Crippen LogP contribution < -0.4 is 5.73 Å². The molecule has 18 heavy (non-hydrogen) atoms. The van der Waals surface area contributed by atoms with Crippen LogP contribution in [0.2, 0.25) is 0 Å². The minimum atomic E-state index is -0.00475. The highest BCUT2D eigenvalue weighted by Crippen LogP contribution is 2.33. The summed E-state index contributed by atoms with van der Waals surface area (Å²) in [4.78, 5) is 2.56. The average Bonchev–Trinajstić information content (AvgIpc) is 2.27. The Bertz CT molecular complexity index is 262. The van der Waals surface area contributed by atoms with Gasteiger partial charge >= 0.3 is 0 Å². The summed E-state index contributed by atoms with van der Waals surface area (Å²) < 4.78 is 5.70. The van der Waals surface area contributed by atoms with Crippen LogP contribution in [0.1, 0.15) is 53.9 Å². The van der Waals surface area contributed by atoms with Gasteiger partial charge in [0, 0.05) is 25.7 Å². The van der Waals surface area contributed by atoms with Gasteiger partial charge < -0.3 is 10.5 Å². The lowest BCUT2D eigenvalue weighted by molar-refractivity contribution is -0.0773. The van der Waals surface area contributed by atoms with Crippen molar-refractivity contribution < 1.29 is 4.74 Å². The smallest absolute Gasteiger partial charge is 0.0777 e. The Labute approximate surface area is 113 Å². The van der Waals surface area contributed by atoms with Gasteiger partial charge in [0.05, 0.1) is 5.60 Å². The van der Waals surface area contributed by atoms with E-state index < -0.39 is 0 Å². The quantitative estimate of drug-likeness (QED) is 0.840. The first-order chi connectivity index (χ1) is 8.23. The molecule has 0 saturated carbocycles. The molecule has 0 amide bonds. The molecular formula is C15H32N2O. The van der Waals surface area contributed by atoms with E-state index in [1.54, 1.807) is 0 Å². The molecule has 0 aromatic carbocycles. The highest BCUT2D eigenvalue weighted by molar-refractivity contribution is 4.96. The average molecular weight is 256 g/mol. The molecule has 0 aliphatic carbocycles. The fourth-order valence-corrected chi connectivity index (χ4v) is 3.33. The fourth-order valence-electron chi connectivity index (χ4n) is 3.33. The summed E-state index contributed by atoms with van der Waals surface area (Å²) >= 11 is 0. The number of nitrogens with two attached hydrogens (primary N) is 1. The summed E-state index contributed by atoms with van der Waals surface area (Å²) in [5.74, 6) is 0. The molecule has 0 spiro atoms. The Kier molecular flexibility index (Phi) is 5.22. The van der Waals surface area contributed by atoms with Crippen molar-refractivity contribution in [3.63, 3.8) is 0 Å². The Balaban J connectivity index is 2.86. The molecule has 0 bridgehead atoms. The maximum atomic E-state index is 6.38. The van der Waals surface area contributed by atoms with Crippen LogP contribution in [0.4, 0.5) is 0 Å². The SMILES string of the molecule is CCC(N)C(N1CCCC(C)(OC)C1)C(C)(C)C. The molecule has 1 rings (SSSR count). The van der Waals surface area contributed by atoms with Gasteiger partial charge in [0.1, 0.15) is 0 Å². The van der Waals surface area contributed by atoms with Gasteiger partial charge in [0.15, 0.2) is 0 Å². The predicted octanol–water partition coefficient (Wildman–Crippen LogP) is 2.64. The van der Waals surface area contributed by atoms with Crippen LogP contribution in [-0.2, 0) is 4.74 Å². The number of hydrogen-bond donors (Lipinski definition) is 1. The first-order valence-corrected chi connectivity index (χ1v) is 7.28. The number of nitrogens with zero attached hydrogens (tertiary/aromatic N) is 1. The fraction of sp³-hybridized carbons (Fsp3) is 1.00. The summed E-state index contributed by atoms with van der Waals surface area (Å²) in [6.45, 7) is 13.4. The van der Waals surface area contributed by atoms with Gasteiger partial charge in [-0.15, -0.1) is 0 Å². The zero-order chi connectivity index (χ0) is 14.0. The Hall–Kier alpha value is -0.120. The molecule has 1 saturated heterocycles. The first kappa shape index (κ1) is 15.9. The molecule has 108 valence electrons. The zero-order valence-electron chi connectivity index (χ0n) is 13.1. The van der Waals surface area contributed by atoms with Crippen molar-refractivity contribution in [1.29, 1.82) is 0 Å². The summed E-state index contributed by atoms with van der Waals surface area (Å²) in [6, 6.07) is 0.668. The lowest BCUT2D eigenvalue weighted by atomic mass is 9.78. The summed E-state index contributed by atoms with van der Waals surface area (Å²) in [5, 5.41) is 0. The van der Waals surface area contributed by atoms with Crippen molar-refractivity contribution >= 4 is 0 Å². The van der Waals surface area contributed by atoms with E-state index in [0.29, 0.717) is 6.04 Å². The van der Waals surface area contributed by atoms with Crippen LogP contribution in [0.5, 0.6) is 0 Å². The van der Waals surface area contributed by atoms with Crippen LogP contribution >= 0.6 is 0 Å². The lowest BCUT2D eigenvalue weighted by Crippen LogP contribution is -2.60. The van der Waals surface area contributed by atoms with Crippen molar-refractivity contribution in [3.05, 3.63) is 0 Å². The second kappa shape index (κ2) is 5.89. The standard InChI is InChI=1S/C15H32N2O/c1-7-12(16)13(14(2,3)4)17-10-8-9-15(5,11-17)18-6/h12-13H,7-11,16H2,1-6H3. The van der Waals surface area contributed by atoms with Gasteiger partial charge in [-0.3, -0.25) is 4.90 Å². The molecule has 3 heteroatoms. The van der Waals surface area contributed by atoms with Crippen molar-refractivity contribution in [2.45, 2.75) is 71.6 Å².